The fourth-order valence-electron chi connectivity index (χ4n) is 1.38. The minimum Gasteiger partial charge on any atom is -0.361 e. The van der Waals surface area contributed by atoms with Crippen LogP contribution in [0.2, 0.25) is 0 Å². The number of nitrogens with two attached hydrogens (primary N) is 1. The van der Waals surface area contributed by atoms with Crippen molar-refractivity contribution in [3.63, 3.8) is 0 Å². The van der Waals surface area contributed by atoms with Gasteiger partial charge in [-0.1, -0.05) is 0 Å². The van der Waals surface area contributed by atoms with Crippen LogP contribution in [0.3, 0.4) is 0 Å². The van der Waals surface area contributed by atoms with E-state index < -0.39 is 0 Å². The highest BCUT2D eigenvalue weighted by molar-refractivity contribution is 5.81. The summed E-state index contributed by atoms with van der Waals surface area (Å²) in [5, 5.41) is 1.18. The predicted octanol–water partition coefficient (Wildman–Crippen LogP) is 1.06. The monoisotopic (exact) mass is 161 g/mol. The second-order valence-corrected chi connectivity index (χ2v) is 2.74. The fourth-order valence-corrected chi connectivity index (χ4v) is 1.38. The zero-order valence-electron chi connectivity index (χ0n) is 6.75. The second-order valence-electron chi connectivity index (χ2n) is 2.74. The molecule has 0 fully saturated rings. The Morgan fingerprint density at radius 1 is 1.42 bits per heavy atom. The van der Waals surface area contributed by atoms with Gasteiger partial charge in [-0.2, -0.15) is 0 Å². The van der Waals surface area contributed by atoms with E-state index in [2.05, 4.69) is 9.97 Å². The third kappa shape index (κ3) is 1.08. The lowest BCUT2D eigenvalue weighted by Crippen LogP contribution is -2.04. The molecule has 0 bridgehead atoms. The van der Waals surface area contributed by atoms with E-state index in [1.807, 2.05) is 24.5 Å². The van der Waals surface area contributed by atoms with Gasteiger partial charge in [0.1, 0.15) is 0 Å². The molecule has 0 aliphatic rings. The summed E-state index contributed by atoms with van der Waals surface area (Å²) < 4.78 is 0. The van der Waals surface area contributed by atoms with Gasteiger partial charge in [0.2, 0.25) is 0 Å². The van der Waals surface area contributed by atoms with E-state index in [-0.39, 0.29) is 0 Å². The number of nitrogens with one attached hydrogen (secondary N) is 1. The average molecular weight is 161 g/mol. The topological polar surface area (TPSA) is 54.7 Å². The molecular formula is C9H11N3. The van der Waals surface area contributed by atoms with Crippen molar-refractivity contribution in [3.05, 3.63) is 30.2 Å². The van der Waals surface area contributed by atoms with Gasteiger partial charge >= 0.3 is 0 Å². The van der Waals surface area contributed by atoms with E-state index >= 15 is 0 Å². The Labute approximate surface area is 70.6 Å². The maximum atomic E-state index is 5.47. The molecule has 0 aliphatic heterocycles. The summed E-state index contributed by atoms with van der Waals surface area (Å²) >= 11 is 0. The van der Waals surface area contributed by atoms with Gasteiger partial charge in [-0.25, -0.2) is 0 Å². The first kappa shape index (κ1) is 7.31. The van der Waals surface area contributed by atoms with Gasteiger partial charge in [0.25, 0.3) is 0 Å². The molecule has 0 aromatic carbocycles. The Morgan fingerprint density at radius 2 is 2.33 bits per heavy atom. The van der Waals surface area contributed by atoms with Gasteiger partial charge in [-0.3, -0.25) is 4.98 Å². The number of pyridine rings is 1. The molecule has 2 rings (SSSR count). The van der Waals surface area contributed by atoms with Crippen LogP contribution < -0.4 is 5.73 Å². The highest BCUT2D eigenvalue weighted by atomic mass is 14.7. The molecule has 0 amide bonds. The molecule has 3 nitrogen and oxygen atoms in total. The highest BCUT2D eigenvalue weighted by Crippen LogP contribution is 2.14. The molecule has 12 heavy (non-hydrogen) atoms. The van der Waals surface area contributed by atoms with E-state index in [0.717, 1.165) is 17.6 Å². The predicted molar refractivity (Wildman–Crippen MR) is 48.9 cm³/mol. The largest absolute Gasteiger partial charge is 0.361 e. The minimum atomic E-state index is 0.650. The van der Waals surface area contributed by atoms with E-state index in [4.69, 9.17) is 5.73 Å². The third-order valence-corrected chi connectivity index (χ3v) is 1.94. The van der Waals surface area contributed by atoms with E-state index in [1.165, 1.54) is 5.39 Å². The zero-order valence-corrected chi connectivity index (χ0v) is 6.75. The molecule has 0 saturated carbocycles. The summed E-state index contributed by atoms with van der Waals surface area (Å²) in [6, 6.07) is 4.00. The van der Waals surface area contributed by atoms with Crippen LogP contribution in [-0.2, 0) is 6.42 Å². The molecule has 3 N–H and O–H groups in total. The zero-order chi connectivity index (χ0) is 8.39. The van der Waals surface area contributed by atoms with Gasteiger partial charge in [-0.15, -0.1) is 0 Å². The van der Waals surface area contributed by atoms with Crippen LogP contribution in [0, 0.1) is 0 Å². The number of aromatic nitrogens is 2. The van der Waals surface area contributed by atoms with Crippen molar-refractivity contribution in [2.24, 2.45) is 5.73 Å². The standard InChI is InChI=1S/C9H11N3/c10-4-1-8-7-2-5-11-9(7)3-6-12-8/h2-3,5-6,11H,1,4,10H2. The molecule has 3 heteroatoms. The number of fused-ring (bicyclic) bond motifs is 1. The van der Waals surface area contributed by atoms with Crippen molar-refractivity contribution >= 4 is 10.9 Å². The van der Waals surface area contributed by atoms with Crippen LogP contribution in [0.4, 0.5) is 0 Å². The number of nitrogens with zero attached hydrogens (tertiary/aromatic N) is 1. The Morgan fingerprint density at radius 3 is 3.17 bits per heavy atom. The molecule has 2 heterocycles. The van der Waals surface area contributed by atoms with Crippen molar-refractivity contribution in [2.75, 3.05) is 6.54 Å². The first-order chi connectivity index (χ1) is 5.92. The molecule has 0 aliphatic carbocycles. The van der Waals surface area contributed by atoms with Gasteiger partial charge in [0.15, 0.2) is 0 Å². The van der Waals surface area contributed by atoms with Gasteiger partial charge < -0.3 is 10.7 Å². The summed E-state index contributed by atoms with van der Waals surface area (Å²) in [4.78, 5) is 7.41. The van der Waals surface area contributed by atoms with Crippen molar-refractivity contribution in [1.29, 1.82) is 0 Å². The van der Waals surface area contributed by atoms with Crippen molar-refractivity contribution in [3.8, 4) is 0 Å². The molecule has 0 radical (unpaired) electrons. The normalized spacial score (nSPS) is 10.8. The van der Waals surface area contributed by atoms with Crippen LogP contribution >= 0.6 is 0 Å². The SMILES string of the molecule is NCCc1nccc2[nH]ccc12. The maximum Gasteiger partial charge on any atom is 0.0509 e. The van der Waals surface area contributed by atoms with E-state index in [0.29, 0.717) is 6.54 Å². The molecule has 0 spiro atoms. The third-order valence-electron chi connectivity index (χ3n) is 1.94. The highest BCUT2D eigenvalue weighted by Gasteiger charge is 2.00. The molecule has 2 aromatic rings. The van der Waals surface area contributed by atoms with Crippen LogP contribution in [-0.4, -0.2) is 16.5 Å². The quantitative estimate of drug-likeness (QED) is 0.692. The number of aromatic amines is 1. The van der Waals surface area contributed by atoms with E-state index in [9.17, 15) is 0 Å². The second kappa shape index (κ2) is 2.95. The fraction of sp³-hybridized carbons (Fsp3) is 0.222. The average Bonchev–Trinajstić information content (AvgIpc) is 2.53. The molecular weight excluding hydrogens is 150 g/mol. The van der Waals surface area contributed by atoms with Crippen LogP contribution in [0.25, 0.3) is 10.9 Å². The van der Waals surface area contributed by atoms with Crippen molar-refractivity contribution in [1.82, 2.24) is 9.97 Å². The summed E-state index contributed by atoms with van der Waals surface area (Å²) in [6.45, 7) is 0.650. The number of H-pyrrole nitrogens is 1. The summed E-state index contributed by atoms with van der Waals surface area (Å²) in [5.74, 6) is 0. The first-order valence-corrected chi connectivity index (χ1v) is 4.03. The van der Waals surface area contributed by atoms with Gasteiger partial charge in [0, 0.05) is 29.7 Å². The molecule has 0 unspecified atom stereocenters. The summed E-state index contributed by atoms with van der Waals surface area (Å²) in [7, 11) is 0. The smallest absolute Gasteiger partial charge is 0.0509 e. The molecule has 0 saturated heterocycles. The summed E-state index contributed by atoms with van der Waals surface area (Å²) in [5.41, 5.74) is 7.68. The van der Waals surface area contributed by atoms with Crippen molar-refractivity contribution in [2.45, 2.75) is 6.42 Å². The Hall–Kier alpha value is -1.35. The lowest BCUT2D eigenvalue weighted by Gasteiger charge is -1.98. The lowest BCUT2D eigenvalue weighted by atomic mass is 10.2. The van der Waals surface area contributed by atoms with Gasteiger partial charge in [-0.05, 0) is 18.7 Å². The van der Waals surface area contributed by atoms with Crippen LogP contribution in [0.15, 0.2) is 24.5 Å². The Balaban J connectivity index is 2.57. The molecule has 2 aromatic heterocycles. The minimum absolute atomic E-state index is 0.650. The van der Waals surface area contributed by atoms with Gasteiger partial charge in [0.05, 0.1) is 5.69 Å². The Kier molecular flexibility index (Phi) is 1.80. The number of hydrogen-bond donors (Lipinski definition) is 2. The molecule has 0 atom stereocenters. The number of rotatable bonds is 2. The lowest BCUT2D eigenvalue weighted by molar-refractivity contribution is 0.935. The Bertz CT molecular complexity index is 378. The maximum absolute atomic E-state index is 5.47. The first-order valence-electron chi connectivity index (χ1n) is 4.03. The van der Waals surface area contributed by atoms with Crippen LogP contribution in [0.5, 0.6) is 0 Å². The number of hydrogen-bond acceptors (Lipinski definition) is 2. The van der Waals surface area contributed by atoms with Crippen LogP contribution in [0.1, 0.15) is 5.69 Å². The summed E-state index contributed by atoms with van der Waals surface area (Å²) in [6.07, 6.45) is 4.57. The van der Waals surface area contributed by atoms with E-state index in [1.54, 1.807) is 0 Å². The van der Waals surface area contributed by atoms with Crippen molar-refractivity contribution < 1.29 is 0 Å². The molecule has 62 valence electrons.